The molecule has 0 radical (unpaired) electrons. The highest BCUT2D eigenvalue weighted by atomic mass is 16.5. The van der Waals surface area contributed by atoms with Crippen LogP contribution >= 0.6 is 0 Å². The second kappa shape index (κ2) is 9.33. The Kier molecular flexibility index (Phi) is 6.85. The molecule has 1 saturated carbocycles. The van der Waals surface area contributed by atoms with Crippen LogP contribution in [0, 0.1) is 11.8 Å². The molecule has 6 heteroatoms. The number of hydrogen-bond acceptors (Lipinski definition) is 5. The Morgan fingerprint density at radius 1 is 1.15 bits per heavy atom. The molecule has 2 unspecified atom stereocenters. The first-order chi connectivity index (χ1) is 13.1. The third-order valence-electron chi connectivity index (χ3n) is 5.62. The summed E-state index contributed by atoms with van der Waals surface area (Å²) in [6, 6.07) is 5.72. The van der Waals surface area contributed by atoms with Gasteiger partial charge in [-0.2, -0.15) is 0 Å². The van der Waals surface area contributed by atoms with Gasteiger partial charge in [0.05, 0.1) is 25.2 Å². The van der Waals surface area contributed by atoms with Crippen molar-refractivity contribution in [3.05, 3.63) is 29.3 Å². The van der Waals surface area contributed by atoms with Crippen molar-refractivity contribution < 1.29 is 29.3 Å². The minimum absolute atomic E-state index is 0.152. The Morgan fingerprint density at radius 3 is 2.81 bits per heavy atom. The zero-order chi connectivity index (χ0) is 19.2. The van der Waals surface area contributed by atoms with Crippen molar-refractivity contribution in [2.45, 2.75) is 51.0 Å². The largest absolute Gasteiger partial charge is 0.493 e. The Labute approximate surface area is 159 Å². The van der Waals surface area contributed by atoms with E-state index in [0.29, 0.717) is 39.1 Å². The summed E-state index contributed by atoms with van der Waals surface area (Å²) in [4.78, 5) is 22.8. The molecule has 0 heterocycles. The summed E-state index contributed by atoms with van der Waals surface area (Å²) in [6.45, 7) is 1.38. The van der Waals surface area contributed by atoms with Gasteiger partial charge >= 0.3 is 5.97 Å². The highest BCUT2D eigenvalue weighted by molar-refractivity contribution is 5.83. The van der Waals surface area contributed by atoms with Crippen molar-refractivity contribution in [1.82, 2.24) is 0 Å². The fourth-order valence-corrected chi connectivity index (χ4v) is 4.03. The van der Waals surface area contributed by atoms with E-state index >= 15 is 0 Å². The Balaban J connectivity index is 1.47. The molecule has 0 aromatic heterocycles. The van der Waals surface area contributed by atoms with Crippen LogP contribution in [-0.2, 0) is 20.7 Å². The fourth-order valence-electron chi connectivity index (χ4n) is 4.03. The number of hydrogen-bond donors (Lipinski definition) is 2. The lowest BCUT2D eigenvalue weighted by atomic mass is 9.97. The second-order valence-corrected chi connectivity index (χ2v) is 7.49. The quantitative estimate of drug-likeness (QED) is 0.610. The first-order valence-corrected chi connectivity index (χ1v) is 9.81. The number of carboxylic acid groups (broad SMARTS) is 1. The lowest BCUT2D eigenvalue weighted by Gasteiger charge is -2.20. The number of fused-ring (bicyclic) bond motifs is 1. The number of carboxylic acids is 1. The number of unbranched alkanes of at least 4 members (excludes halogenated alkanes) is 1. The van der Waals surface area contributed by atoms with Crippen molar-refractivity contribution >= 4 is 11.8 Å². The molecule has 2 N–H and O–H groups in total. The number of benzene rings is 1. The number of ether oxygens (including phenoxy) is 2. The third-order valence-corrected chi connectivity index (χ3v) is 5.62. The summed E-state index contributed by atoms with van der Waals surface area (Å²) < 4.78 is 11.7. The van der Waals surface area contributed by atoms with Gasteiger partial charge in [0, 0.05) is 25.0 Å². The minimum atomic E-state index is -0.784. The van der Waals surface area contributed by atoms with Gasteiger partial charge < -0.3 is 19.7 Å². The van der Waals surface area contributed by atoms with Crippen LogP contribution in [0.5, 0.6) is 5.75 Å². The number of ketones is 1. The zero-order valence-corrected chi connectivity index (χ0v) is 15.6. The van der Waals surface area contributed by atoms with Gasteiger partial charge in [-0.05, 0) is 49.7 Å². The molecule has 148 valence electrons. The molecular weight excluding hydrogens is 348 g/mol. The SMILES string of the molecule is O=C(O)CCCCOC[C@H]1CCC(=O)C1COc1cccc2c1CCC2O. The molecule has 1 aromatic rings. The highest BCUT2D eigenvalue weighted by Crippen LogP contribution is 2.37. The summed E-state index contributed by atoms with van der Waals surface area (Å²) in [5.41, 5.74) is 1.99. The summed E-state index contributed by atoms with van der Waals surface area (Å²) >= 11 is 0. The van der Waals surface area contributed by atoms with Crippen LogP contribution in [0.15, 0.2) is 18.2 Å². The molecule has 2 aliphatic rings. The van der Waals surface area contributed by atoms with Crippen LogP contribution in [-0.4, -0.2) is 41.8 Å². The Morgan fingerprint density at radius 2 is 2.00 bits per heavy atom. The van der Waals surface area contributed by atoms with Gasteiger partial charge in [-0.15, -0.1) is 0 Å². The van der Waals surface area contributed by atoms with E-state index in [1.165, 1.54) is 0 Å². The molecule has 0 saturated heterocycles. The molecule has 3 rings (SSSR count). The number of aliphatic hydroxyl groups is 1. The van der Waals surface area contributed by atoms with Crippen LogP contribution in [0.4, 0.5) is 0 Å². The predicted molar refractivity (Wildman–Crippen MR) is 98.7 cm³/mol. The molecule has 2 aliphatic carbocycles. The first kappa shape index (κ1) is 19.8. The standard InChI is InChI=1S/C21H28O6/c22-18-10-8-16-15(18)4-3-5-20(16)27-13-17-14(7-9-19(17)23)12-26-11-2-1-6-21(24)25/h3-5,14,17-18,22H,1-2,6-13H2,(H,24,25)/t14-,17?,18?/m1/s1. The first-order valence-electron chi connectivity index (χ1n) is 9.81. The summed E-state index contributed by atoms with van der Waals surface area (Å²) in [5.74, 6) is 0.207. The molecule has 3 atom stereocenters. The van der Waals surface area contributed by atoms with Gasteiger partial charge in [-0.25, -0.2) is 0 Å². The lowest BCUT2D eigenvalue weighted by molar-refractivity contribution is -0.137. The zero-order valence-electron chi connectivity index (χ0n) is 15.6. The number of aliphatic carboxylic acids is 1. The van der Waals surface area contributed by atoms with E-state index in [4.69, 9.17) is 14.6 Å². The maximum atomic E-state index is 12.3. The van der Waals surface area contributed by atoms with Crippen molar-refractivity contribution in [3.8, 4) is 5.75 Å². The molecule has 6 nitrogen and oxygen atoms in total. The van der Waals surface area contributed by atoms with E-state index in [1.54, 1.807) is 0 Å². The average Bonchev–Trinajstić information content (AvgIpc) is 3.19. The number of carbonyl (C=O) groups is 2. The van der Waals surface area contributed by atoms with Crippen LogP contribution in [0.3, 0.4) is 0 Å². The van der Waals surface area contributed by atoms with Gasteiger partial charge in [0.15, 0.2) is 0 Å². The number of aliphatic hydroxyl groups excluding tert-OH is 1. The molecule has 27 heavy (non-hydrogen) atoms. The van der Waals surface area contributed by atoms with E-state index in [-0.39, 0.29) is 24.0 Å². The molecule has 0 bridgehead atoms. The van der Waals surface area contributed by atoms with Crippen LogP contribution < -0.4 is 4.74 Å². The van der Waals surface area contributed by atoms with Crippen molar-refractivity contribution in [2.24, 2.45) is 11.8 Å². The molecule has 1 aromatic carbocycles. The van der Waals surface area contributed by atoms with Crippen molar-refractivity contribution in [1.29, 1.82) is 0 Å². The second-order valence-electron chi connectivity index (χ2n) is 7.49. The van der Waals surface area contributed by atoms with Crippen LogP contribution in [0.1, 0.15) is 55.8 Å². The van der Waals surface area contributed by atoms with E-state index in [9.17, 15) is 14.7 Å². The van der Waals surface area contributed by atoms with E-state index < -0.39 is 12.1 Å². The highest BCUT2D eigenvalue weighted by Gasteiger charge is 2.35. The molecule has 0 amide bonds. The molecule has 0 spiro atoms. The number of rotatable bonds is 10. The smallest absolute Gasteiger partial charge is 0.303 e. The van der Waals surface area contributed by atoms with Crippen LogP contribution in [0.25, 0.3) is 0 Å². The lowest BCUT2D eigenvalue weighted by Crippen LogP contribution is -2.26. The normalized spacial score (nSPS) is 24.2. The van der Waals surface area contributed by atoms with E-state index in [0.717, 1.165) is 36.1 Å². The van der Waals surface area contributed by atoms with Gasteiger partial charge in [-0.1, -0.05) is 12.1 Å². The Hall–Kier alpha value is -1.92. The maximum Gasteiger partial charge on any atom is 0.303 e. The van der Waals surface area contributed by atoms with E-state index in [2.05, 4.69) is 0 Å². The minimum Gasteiger partial charge on any atom is -0.493 e. The van der Waals surface area contributed by atoms with Gasteiger partial charge in [-0.3, -0.25) is 9.59 Å². The van der Waals surface area contributed by atoms with Gasteiger partial charge in [0.2, 0.25) is 0 Å². The van der Waals surface area contributed by atoms with Crippen LogP contribution in [0.2, 0.25) is 0 Å². The number of Topliss-reactive ketones (excluding diaryl/α,β-unsaturated/α-hetero) is 1. The maximum absolute atomic E-state index is 12.3. The van der Waals surface area contributed by atoms with Gasteiger partial charge in [0.25, 0.3) is 0 Å². The predicted octanol–water partition coefficient (Wildman–Crippen LogP) is 2.91. The summed E-state index contributed by atoms with van der Waals surface area (Å²) in [5, 5.41) is 18.6. The summed E-state index contributed by atoms with van der Waals surface area (Å²) in [6.07, 6.45) is 3.96. The van der Waals surface area contributed by atoms with Gasteiger partial charge in [0.1, 0.15) is 11.5 Å². The Bertz CT molecular complexity index is 671. The molecule has 0 aliphatic heterocycles. The topological polar surface area (TPSA) is 93.1 Å². The molecule has 1 fully saturated rings. The number of carbonyl (C=O) groups excluding carboxylic acids is 1. The fraction of sp³-hybridized carbons (Fsp3) is 0.619. The monoisotopic (exact) mass is 376 g/mol. The third kappa shape index (κ3) is 5.08. The van der Waals surface area contributed by atoms with Crippen molar-refractivity contribution in [3.63, 3.8) is 0 Å². The summed E-state index contributed by atoms with van der Waals surface area (Å²) in [7, 11) is 0. The van der Waals surface area contributed by atoms with Crippen molar-refractivity contribution in [2.75, 3.05) is 19.8 Å². The average molecular weight is 376 g/mol. The molecular formula is C21H28O6. The van der Waals surface area contributed by atoms with E-state index in [1.807, 2.05) is 18.2 Å².